The standard InChI is InChI=1S/C20H28O5/c1-10-11-5-6-12-18-8-4-7-17(2,3)13(18)16(23)20(24,25-9-18)19(12,14(10)21)15(11)22/h11-13,15-16,22-24H,1,4-9H2,2-3H3/t11-,12-,13+,15+,16-,18+,19-,20+/m0/s1. The van der Waals surface area contributed by atoms with Crippen LogP contribution in [0.2, 0.25) is 0 Å². The lowest BCUT2D eigenvalue weighted by Gasteiger charge is -2.73. The molecule has 2 heterocycles. The zero-order valence-electron chi connectivity index (χ0n) is 15.0. The van der Waals surface area contributed by atoms with Crippen molar-refractivity contribution in [2.24, 2.45) is 34.0 Å². The van der Waals surface area contributed by atoms with Crippen molar-refractivity contribution in [2.45, 2.75) is 63.9 Å². The third-order valence-electron chi connectivity index (χ3n) is 8.77. The van der Waals surface area contributed by atoms with Crippen molar-refractivity contribution in [3.05, 3.63) is 12.2 Å². The Kier molecular flexibility index (Phi) is 2.88. The minimum absolute atomic E-state index is 0.131. The predicted molar refractivity (Wildman–Crippen MR) is 89.3 cm³/mol. The van der Waals surface area contributed by atoms with Crippen LogP contribution in [-0.2, 0) is 9.53 Å². The number of aliphatic hydroxyl groups excluding tert-OH is 2. The second-order valence-corrected chi connectivity index (χ2v) is 9.89. The summed E-state index contributed by atoms with van der Waals surface area (Å²) in [7, 11) is 0. The maximum Gasteiger partial charge on any atom is 0.208 e. The van der Waals surface area contributed by atoms with Crippen LogP contribution in [0.1, 0.15) is 46.0 Å². The number of ether oxygens (including phenoxy) is 1. The van der Waals surface area contributed by atoms with Crippen molar-refractivity contribution >= 4 is 5.78 Å². The van der Waals surface area contributed by atoms with E-state index in [1.54, 1.807) is 0 Å². The molecule has 4 saturated carbocycles. The molecular formula is C20H28O5. The number of carbonyl (C=O) groups excluding carboxylic acids is 1. The van der Waals surface area contributed by atoms with Gasteiger partial charge >= 0.3 is 0 Å². The summed E-state index contributed by atoms with van der Waals surface area (Å²) < 4.78 is 5.89. The van der Waals surface area contributed by atoms with Crippen LogP contribution in [0.3, 0.4) is 0 Å². The molecule has 3 N–H and O–H groups in total. The highest BCUT2D eigenvalue weighted by Gasteiger charge is 2.85. The topological polar surface area (TPSA) is 87.0 Å². The Morgan fingerprint density at radius 3 is 2.60 bits per heavy atom. The molecule has 2 aliphatic heterocycles. The first-order chi connectivity index (χ1) is 11.6. The Hall–Kier alpha value is -0.750. The average molecular weight is 348 g/mol. The Bertz CT molecular complexity index is 686. The quantitative estimate of drug-likeness (QED) is 0.576. The highest BCUT2D eigenvalue weighted by molar-refractivity contribution is 6.05. The van der Waals surface area contributed by atoms with Gasteiger partial charge in [0.1, 0.15) is 11.5 Å². The van der Waals surface area contributed by atoms with E-state index < -0.39 is 23.4 Å². The zero-order valence-corrected chi connectivity index (χ0v) is 15.0. The van der Waals surface area contributed by atoms with Crippen molar-refractivity contribution in [1.82, 2.24) is 0 Å². The fraction of sp³-hybridized carbons (Fsp3) is 0.850. The van der Waals surface area contributed by atoms with E-state index in [4.69, 9.17) is 4.74 Å². The number of carbonyl (C=O) groups is 1. The van der Waals surface area contributed by atoms with E-state index in [1.807, 2.05) is 0 Å². The van der Waals surface area contributed by atoms with Gasteiger partial charge in [0.25, 0.3) is 0 Å². The van der Waals surface area contributed by atoms with E-state index >= 15 is 0 Å². The van der Waals surface area contributed by atoms with E-state index in [0.29, 0.717) is 12.2 Å². The number of aliphatic hydroxyl groups is 3. The summed E-state index contributed by atoms with van der Waals surface area (Å²) in [5.41, 5.74) is -1.56. The van der Waals surface area contributed by atoms with Gasteiger partial charge in [-0.1, -0.05) is 26.8 Å². The van der Waals surface area contributed by atoms with Crippen molar-refractivity contribution in [3.63, 3.8) is 0 Å². The zero-order chi connectivity index (χ0) is 18.0. The van der Waals surface area contributed by atoms with Crippen molar-refractivity contribution < 1.29 is 24.9 Å². The Balaban J connectivity index is 1.79. The molecule has 2 saturated heterocycles. The van der Waals surface area contributed by atoms with Crippen LogP contribution in [0, 0.1) is 34.0 Å². The maximum absolute atomic E-state index is 13.3. The van der Waals surface area contributed by atoms with Crippen LogP contribution in [0.15, 0.2) is 12.2 Å². The molecule has 2 spiro atoms. The van der Waals surface area contributed by atoms with Gasteiger partial charge in [0.2, 0.25) is 5.79 Å². The third kappa shape index (κ3) is 1.41. The lowest BCUT2D eigenvalue weighted by Crippen LogP contribution is -2.83. The minimum atomic E-state index is -2.02. The van der Waals surface area contributed by atoms with Gasteiger partial charge in [-0.15, -0.1) is 0 Å². The fourth-order valence-electron chi connectivity index (χ4n) is 7.99. The molecule has 138 valence electrons. The van der Waals surface area contributed by atoms with E-state index in [-0.39, 0.29) is 34.4 Å². The Morgan fingerprint density at radius 1 is 1.16 bits per heavy atom. The number of ketones is 1. The minimum Gasteiger partial charge on any atom is -0.391 e. The number of fused-ring (bicyclic) bond motifs is 2. The van der Waals surface area contributed by atoms with Gasteiger partial charge in [-0.05, 0) is 42.6 Å². The summed E-state index contributed by atoms with van der Waals surface area (Å²) in [6, 6.07) is 0. The molecule has 0 aromatic carbocycles. The van der Waals surface area contributed by atoms with Gasteiger partial charge in [-0.25, -0.2) is 0 Å². The smallest absolute Gasteiger partial charge is 0.208 e. The molecule has 5 nitrogen and oxygen atoms in total. The van der Waals surface area contributed by atoms with Gasteiger partial charge < -0.3 is 20.1 Å². The fourth-order valence-corrected chi connectivity index (χ4v) is 7.99. The predicted octanol–water partition coefficient (Wildman–Crippen LogP) is 1.40. The summed E-state index contributed by atoms with van der Waals surface area (Å²) in [6.45, 7) is 8.58. The average Bonchev–Trinajstić information content (AvgIpc) is 2.66. The maximum atomic E-state index is 13.3. The summed E-state index contributed by atoms with van der Waals surface area (Å²) in [5.74, 6) is -2.92. The monoisotopic (exact) mass is 348 g/mol. The molecule has 0 aromatic heterocycles. The molecule has 4 bridgehead atoms. The molecule has 6 rings (SSSR count). The van der Waals surface area contributed by atoms with Gasteiger partial charge in [-0.2, -0.15) is 0 Å². The molecule has 0 radical (unpaired) electrons. The molecule has 0 unspecified atom stereocenters. The summed E-state index contributed by atoms with van der Waals surface area (Å²) in [5, 5.41) is 34.0. The van der Waals surface area contributed by atoms with Gasteiger partial charge in [0, 0.05) is 17.3 Å². The molecule has 6 aliphatic rings. The first-order valence-corrected chi connectivity index (χ1v) is 9.61. The highest BCUT2D eigenvalue weighted by Crippen LogP contribution is 2.76. The summed E-state index contributed by atoms with van der Waals surface area (Å²) in [6.07, 6.45) is 2.18. The number of Topliss-reactive ketones (excluding diaryl/α,β-unsaturated/α-hetero) is 1. The third-order valence-corrected chi connectivity index (χ3v) is 8.77. The Labute approximate surface area is 148 Å². The van der Waals surface area contributed by atoms with Gasteiger partial charge in [0.05, 0.1) is 12.7 Å². The number of rotatable bonds is 0. The number of hydrogen-bond donors (Lipinski definition) is 3. The van der Waals surface area contributed by atoms with E-state index in [9.17, 15) is 20.1 Å². The van der Waals surface area contributed by atoms with Crippen molar-refractivity contribution in [1.29, 1.82) is 0 Å². The lowest BCUT2D eigenvalue weighted by molar-refractivity contribution is -0.448. The molecule has 0 amide bonds. The van der Waals surface area contributed by atoms with Crippen LogP contribution in [0.25, 0.3) is 0 Å². The first kappa shape index (κ1) is 16.4. The molecule has 5 heteroatoms. The molecule has 4 aliphatic carbocycles. The molecular weight excluding hydrogens is 320 g/mol. The van der Waals surface area contributed by atoms with E-state index in [2.05, 4.69) is 20.4 Å². The van der Waals surface area contributed by atoms with E-state index in [0.717, 1.165) is 32.1 Å². The second-order valence-electron chi connectivity index (χ2n) is 9.89. The van der Waals surface area contributed by atoms with Crippen LogP contribution >= 0.6 is 0 Å². The van der Waals surface area contributed by atoms with Crippen LogP contribution < -0.4 is 0 Å². The van der Waals surface area contributed by atoms with Crippen LogP contribution in [-0.4, -0.2) is 45.7 Å². The Morgan fingerprint density at radius 2 is 1.88 bits per heavy atom. The lowest BCUT2D eigenvalue weighted by atomic mass is 9.36. The number of hydrogen-bond acceptors (Lipinski definition) is 5. The SMILES string of the molecule is C=C1C(=O)[C@]23[C@H](O)[C@H]1CC[C@H]2[C@]12CCCC(C)(C)[C@H]1[C@H](O)[C@@]3(O)OC2. The van der Waals surface area contributed by atoms with E-state index in [1.165, 1.54) is 0 Å². The molecule has 6 fully saturated rings. The second kappa shape index (κ2) is 4.38. The van der Waals surface area contributed by atoms with Gasteiger partial charge in [-0.3, -0.25) is 4.79 Å². The molecule has 25 heavy (non-hydrogen) atoms. The first-order valence-electron chi connectivity index (χ1n) is 9.61. The van der Waals surface area contributed by atoms with Crippen molar-refractivity contribution in [3.8, 4) is 0 Å². The normalized spacial score (nSPS) is 58.8. The summed E-state index contributed by atoms with van der Waals surface area (Å²) >= 11 is 0. The highest BCUT2D eigenvalue weighted by atomic mass is 16.6. The largest absolute Gasteiger partial charge is 0.391 e. The molecule has 0 aromatic rings. The van der Waals surface area contributed by atoms with Crippen LogP contribution in [0.5, 0.6) is 0 Å². The van der Waals surface area contributed by atoms with Crippen LogP contribution in [0.4, 0.5) is 0 Å². The molecule has 8 atom stereocenters. The summed E-state index contributed by atoms with van der Waals surface area (Å²) in [4.78, 5) is 13.3. The van der Waals surface area contributed by atoms with Crippen molar-refractivity contribution in [2.75, 3.05) is 6.61 Å². The van der Waals surface area contributed by atoms with Gasteiger partial charge in [0.15, 0.2) is 5.78 Å².